The van der Waals surface area contributed by atoms with Gasteiger partial charge in [-0.2, -0.15) is 0 Å². The van der Waals surface area contributed by atoms with Crippen LogP contribution in [0.25, 0.3) is 0 Å². The van der Waals surface area contributed by atoms with E-state index in [2.05, 4.69) is 15.6 Å². The number of hydrogen-bond acceptors (Lipinski definition) is 5. The molecule has 0 aliphatic carbocycles. The lowest BCUT2D eigenvalue weighted by Gasteiger charge is -2.21. The maximum Gasteiger partial charge on any atom is 0.223 e. The summed E-state index contributed by atoms with van der Waals surface area (Å²) in [6.45, 7) is 7.02. The predicted octanol–water partition coefficient (Wildman–Crippen LogP) is 1.65. The topological polar surface area (TPSA) is 160 Å². The molecular formula is C27H37N5O4. The predicted molar refractivity (Wildman–Crippen MR) is 140 cm³/mol. The minimum absolute atomic E-state index is 0.0487. The number of aromatic hydroxyl groups is 1. The molecule has 2 rings (SSSR count). The van der Waals surface area contributed by atoms with Gasteiger partial charge in [-0.15, -0.1) is 0 Å². The molecule has 9 nitrogen and oxygen atoms in total. The fourth-order valence-corrected chi connectivity index (χ4v) is 4.19. The molecule has 0 spiro atoms. The molecule has 194 valence electrons. The Morgan fingerprint density at radius 2 is 1.64 bits per heavy atom. The van der Waals surface area contributed by atoms with Crippen LogP contribution in [-0.4, -0.2) is 47.3 Å². The SMILES string of the molecule is CC(=O)N[C@H](CNC(=O)[C@@H](C)CC(=O)[C@H](Cc1c(C)cc(O)cc1C)N=C(N)N)Cc1ccccc1. The number of phenolic OH excluding ortho intramolecular Hbond substituents is 1. The molecule has 3 atom stereocenters. The lowest BCUT2D eigenvalue weighted by molar-refractivity contribution is -0.129. The zero-order chi connectivity index (χ0) is 26.8. The molecule has 0 saturated carbocycles. The molecule has 0 heterocycles. The summed E-state index contributed by atoms with van der Waals surface area (Å²) in [5.74, 6) is -1.43. The van der Waals surface area contributed by atoms with E-state index >= 15 is 0 Å². The fourth-order valence-electron chi connectivity index (χ4n) is 4.19. The number of aryl methyl sites for hydroxylation is 2. The van der Waals surface area contributed by atoms with Gasteiger partial charge in [0.2, 0.25) is 11.8 Å². The standard InChI is InChI=1S/C27H37N5O4/c1-16-10-22(34)11-17(2)23(16)14-24(32-27(28)29)25(35)12-18(3)26(36)30-15-21(31-19(4)33)13-20-8-6-5-7-9-20/h5-11,18,21,24,34H,12-15H2,1-4H3,(H,30,36)(H,31,33)(H4,28,29,32)/t18-,21-,24-/m0/s1. The third-order valence-electron chi connectivity index (χ3n) is 5.96. The van der Waals surface area contributed by atoms with Crippen molar-refractivity contribution in [3.05, 3.63) is 64.7 Å². The van der Waals surface area contributed by atoms with Gasteiger partial charge in [-0.25, -0.2) is 4.99 Å². The molecule has 2 aromatic rings. The quantitative estimate of drug-likeness (QED) is 0.222. The number of nitrogens with zero attached hydrogens (tertiary/aromatic N) is 1. The van der Waals surface area contributed by atoms with E-state index in [0.29, 0.717) is 6.42 Å². The minimum atomic E-state index is -0.850. The number of Topliss-reactive ketones (excluding diaryl/α,β-unsaturated/α-hetero) is 1. The highest BCUT2D eigenvalue weighted by atomic mass is 16.3. The summed E-state index contributed by atoms with van der Waals surface area (Å²) in [7, 11) is 0. The molecule has 0 aliphatic rings. The second-order valence-electron chi connectivity index (χ2n) is 9.24. The van der Waals surface area contributed by atoms with Gasteiger partial charge in [0.1, 0.15) is 11.8 Å². The van der Waals surface area contributed by atoms with Gasteiger partial charge >= 0.3 is 0 Å². The van der Waals surface area contributed by atoms with Gasteiger partial charge in [-0.05, 0) is 54.7 Å². The zero-order valence-electron chi connectivity index (χ0n) is 21.4. The van der Waals surface area contributed by atoms with Gasteiger partial charge in [0.15, 0.2) is 11.7 Å². The number of hydrogen-bond donors (Lipinski definition) is 5. The number of aliphatic imine (C=N–C) groups is 1. The second-order valence-corrected chi connectivity index (χ2v) is 9.24. The third-order valence-corrected chi connectivity index (χ3v) is 5.96. The molecule has 0 saturated heterocycles. The summed E-state index contributed by atoms with van der Waals surface area (Å²) >= 11 is 0. The Labute approximate surface area is 212 Å². The number of ketones is 1. The van der Waals surface area contributed by atoms with Crippen LogP contribution in [0.3, 0.4) is 0 Å². The summed E-state index contributed by atoms with van der Waals surface area (Å²) in [6.07, 6.45) is 0.767. The van der Waals surface area contributed by atoms with Crippen molar-refractivity contribution >= 4 is 23.6 Å². The first kappa shape index (κ1) is 28.4. The average Bonchev–Trinajstić information content (AvgIpc) is 2.78. The number of carbonyl (C=O) groups is 3. The fraction of sp³-hybridized carbons (Fsp3) is 0.407. The van der Waals surface area contributed by atoms with E-state index in [9.17, 15) is 19.5 Å². The number of carbonyl (C=O) groups excluding carboxylic acids is 3. The van der Waals surface area contributed by atoms with Crippen molar-refractivity contribution in [2.75, 3.05) is 6.54 Å². The highest BCUT2D eigenvalue weighted by molar-refractivity contribution is 5.91. The largest absolute Gasteiger partial charge is 0.508 e. The Bertz CT molecular complexity index is 1070. The van der Waals surface area contributed by atoms with Crippen molar-refractivity contribution in [2.24, 2.45) is 22.4 Å². The van der Waals surface area contributed by atoms with Crippen LogP contribution in [0, 0.1) is 19.8 Å². The third kappa shape index (κ3) is 9.05. The van der Waals surface area contributed by atoms with Gasteiger partial charge in [0.25, 0.3) is 0 Å². The number of nitrogens with one attached hydrogen (secondary N) is 2. The van der Waals surface area contributed by atoms with Crippen LogP contribution in [0.15, 0.2) is 47.5 Å². The van der Waals surface area contributed by atoms with Crippen molar-refractivity contribution in [1.82, 2.24) is 10.6 Å². The smallest absolute Gasteiger partial charge is 0.223 e. The molecular weight excluding hydrogens is 458 g/mol. The minimum Gasteiger partial charge on any atom is -0.508 e. The van der Waals surface area contributed by atoms with E-state index < -0.39 is 12.0 Å². The molecule has 0 aromatic heterocycles. The first-order valence-corrected chi connectivity index (χ1v) is 12.0. The Kier molecular flexibility index (Phi) is 10.5. The van der Waals surface area contributed by atoms with E-state index in [1.54, 1.807) is 19.1 Å². The zero-order valence-corrected chi connectivity index (χ0v) is 21.4. The van der Waals surface area contributed by atoms with Gasteiger partial charge < -0.3 is 27.2 Å². The van der Waals surface area contributed by atoms with Gasteiger partial charge in [-0.1, -0.05) is 37.3 Å². The van der Waals surface area contributed by atoms with Crippen molar-refractivity contribution < 1.29 is 19.5 Å². The number of nitrogens with two attached hydrogens (primary N) is 2. The van der Waals surface area contributed by atoms with Crippen molar-refractivity contribution in [1.29, 1.82) is 0 Å². The van der Waals surface area contributed by atoms with E-state index in [1.807, 2.05) is 44.2 Å². The van der Waals surface area contributed by atoms with Crippen molar-refractivity contribution in [3.8, 4) is 5.75 Å². The average molecular weight is 496 g/mol. The molecule has 36 heavy (non-hydrogen) atoms. The van der Waals surface area contributed by atoms with Crippen molar-refractivity contribution in [3.63, 3.8) is 0 Å². The van der Waals surface area contributed by atoms with E-state index in [0.717, 1.165) is 22.3 Å². The van der Waals surface area contributed by atoms with Crippen LogP contribution in [-0.2, 0) is 27.2 Å². The molecule has 7 N–H and O–H groups in total. The Morgan fingerprint density at radius 1 is 1.03 bits per heavy atom. The van der Waals surface area contributed by atoms with E-state index in [-0.39, 0.29) is 54.7 Å². The molecule has 0 unspecified atom stereocenters. The Morgan fingerprint density at radius 3 is 2.19 bits per heavy atom. The van der Waals surface area contributed by atoms with Crippen LogP contribution in [0.2, 0.25) is 0 Å². The Balaban J connectivity index is 2.04. The van der Waals surface area contributed by atoms with Crippen LogP contribution in [0.1, 0.15) is 42.5 Å². The van der Waals surface area contributed by atoms with Gasteiger partial charge in [0.05, 0.1) is 6.04 Å². The summed E-state index contributed by atoms with van der Waals surface area (Å²) in [4.78, 5) is 41.6. The first-order chi connectivity index (χ1) is 17.0. The van der Waals surface area contributed by atoms with Crippen LogP contribution in [0.5, 0.6) is 5.75 Å². The van der Waals surface area contributed by atoms with Crippen LogP contribution >= 0.6 is 0 Å². The lowest BCUT2D eigenvalue weighted by atomic mass is 9.91. The molecule has 0 radical (unpaired) electrons. The lowest BCUT2D eigenvalue weighted by Crippen LogP contribution is -2.45. The summed E-state index contributed by atoms with van der Waals surface area (Å²) < 4.78 is 0. The molecule has 0 bridgehead atoms. The maximum absolute atomic E-state index is 13.1. The molecule has 0 fully saturated rings. The monoisotopic (exact) mass is 495 g/mol. The second kappa shape index (κ2) is 13.3. The summed E-state index contributed by atoms with van der Waals surface area (Å²) in [6, 6.07) is 11.8. The van der Waals surface area contributed by atoms with E-state index in [1.165, 1.54) is 6.92 Å². The van der Waals surface area contributed by atoms with Crippen LogP contribution in [0.4, 0.5) is 0 Å². The number of guanidine groups is 1. The highest BCUT2D eigenvalue weighted by Gasteiger charge is 2.25. The molecule has 2 amide bonds. The maximum atomic E-state index is 13.1. The highest BCUT2D eigenvalue weighted by Crippen LogP contribution is 2.23. The first-order valence-electron chi connectivity index (χ1n) is 12.0. The van der Waals surface area contributed by atoms with Crippen molar-refractivity contribution in [2.45, 2.75) is 59.0 Å². The number of rotatable bonds is 12. The van der Waals surface area contributed by atoms with E-state index in [4.69, 9.17) is 11.5 Å². The normalized spacial score (nSPS) is 13.2. The van der Waals surface area contributed by atoms with Gasteiger partial charge in [0, 0.05) is 32.2 Å². The van der Waals surface area contributed by atoms with Gasteiger partial charge in [-0.3, -0.25) is 14.4 Å². The molecule has 0 aliphatic heterocycles. The number of benzene rings is 2. The molecule has 2 aromatic carbocycles. The number of amides is 2. The summed E-state index contributed by atoms with van der Waals surface area (Å²) in [5.41, 5.74) is 14.7. The summed E-state index contributed by atoms with van der Waals surface area (Å²) in [5, 5.41) is 15.5. The van der Waals surface area contributed by atoms with Crippen LogP contribution < -0.4 is 22.1 Å². The Hall–Kier alpha value is -3.88. The molecule has 9 heteroatoms. The number of phenols is 1.